The van der Waals surface area contributed by atoms with Crippen LogP contribution in [0.15, 0.2) is 6.07 Å². The lowest BCUT2D eigenvalue weighted by molar-refractivity contribution is -0.290. The Bertz CT molecular complexity index is 774. The molecule has 5 N–H and O–H groups in total. The quantitative estimate of drug-likeness (QED) is 0.481. The molecule has 0 amide bonds. The fraction of sp³-hybridized carbons (Fsp3) is 0.650. The molecule has 0 bridgehead atoms. The van der Waals surface area contributed by atoms with E-state index in [1.165, 1.54) is 0 Å². The van der Waals surface area contributed by atoms with Crippen molar-refractivity contribution in [3.05, 3.63) is 33.9 Å². The van der Waals surface area contributed by atoms with Crippen molar-refractivity contribution in [2.24, 2.45) is 5.41 Å². The molecular formula is C20H28O8. The van der Waals surface area contributed by atoms with Gasteiger partial charge in [-0.3, -0.25) is 4.79 Å². The normalized spacial score (nSPS) is 33.0. The van der Waals surface area contributed by atoms with Gasteiger partial charge < -0.3 is 35.0 Å². The van der Waals surface area contributed by atoms with Gasteiger partial charge in [-0.2, -0.15) is 0 Å². The first-order valence-corrected chi connectivity index (χ1v) is 9.31. The molecule has 0 aromatic heterocycles. The van der Waals surface area contributed by atoms with E-state index in [1.54, 1.807) is 33.8 Å². The van der Waals surface area contributed by atoms with Crippen LogP contribution in [0.5, 0.6) is 0 Å². The van der Waals surface area contributed by atoms with E-state index in [2.05, 4.69) is 0 Å². The number of hydrogen-bond donors (Lipinski definition) is 5. The molecule has 2 aliphatic rings. The van der Waals surface area contributed by atoms with Gasteiger partial charge in [0.1, 0.15) is 24.4 Å². The van der Waals surface area contributed by atoms with Crippen LogP contribution in [0.2, 0.25) is 0 Å². The van der Waals surface area contributed by atoms with Crippen molar-refractivity contribution in [3.8, 4) is 0 Å². The fourth-order valence-corrected chi connectivity index (χ4v) is 4.25. The highest BCUT2D eigenvalue weighted by molar-refractivity contribution is 6.06. The maximum atomic E-state index is 13.1. The Morgan fingerprint density at radius 2 is 1.89 bits per heavy atom. The number of ether oxygens (including phenoxy) is 2. The van der Waals surface area contributed by atoms with Gasteiger partial charge in [-0.15, -0.1) is 0 Å². The molecule has 8 nitrogen and oxygen atoms in total. The molecule has 1 aliphatic heterocycles. The fourth-order valence-electron chi connectivity index (χ4n) is 4.25. The molecule has 28 heavy (non-hydrogen) atoms. The number of aliphatic hydroxyl groups excluding tert-OH is 5. The van der Waals surface area contributed by atoms with Gasteiger partial charge in [0.15, 0.2) is 12.1 Å². The van der Waals surface area contributed by atoms with Crippen LogP contribution < -0.4 is 0 Å². The number of carbonyl (C=O) groups is 1. The summed E-state index contributed by atoms with van der Waals surface area (Å²) in [5, 5.41) is 49.2. The molecule has 3 rings (SSSR count). The van der Waals surface area contributed by atoms with Crippen molar-refractivity contribution < 1.29 is 39.8 Å². The average Bonchev–Trinajstić information content (AvgIpc) is 2.82. The second-order valence-electron chi connectivity index (χ2n) is 8.21. The number of Topliss-reactive ketones (excluding diaryl/α,β-unsaturated/α-hetero) is 1. The first-order valence-electron chi connectivity index (χ1n) is 9.31. The molecule has 1 unspecified atom stereocenters. The molecule has 1 saturated heterocycles. The Hall–Kier alpha value is -1.39. The highest BCUT2D eigenvalue weighted by atomic mass is 16.7. The highest BCUT2D eigenvalue weighted by Crippen LogP contribution is 2.50. The summed E-state index contributed by atoms with van der Waals surface area (Å²) in [6.45, 7) is 6.29. The molecule has 0 radical (unpaired) electrons. The molecule has 6 atom stereocenters. The molecular weight excluding hydrogens is 368 g/mol. The van der Waals surface area contributed by atoms with Gasteiger partial charge in [0.25, 0.3) is 0 Å². The maximum absolute atomic E-state index is 13.1. The molecule has 1 aromatic carbocycles. The molecule has 0 spiro atoms. The summed E-state index contributed by atoms with van der Waals surface area (Å²) >= 11 is 0. The maximum Gasteiger partial charge on any atom is 0.186 e. The van der Waals surface area contributed by atoms with Gasteiger partial charge in [0, 0.05) is 5.56 Å². The van der Waals surface area contributed by atoms with Gasteiger partial charge in [-0.05, 0) is 49.9 Å². The molecule has 1 aromatic rings. The average molecular weight is 396 g/mol. The molecule has 0 saturated carbocycles. The zero-order valence-corrected chi connectivity index (χ0v) is 16.4. The number of benzene rings is 1. The van der Waals surface area contributed by atoms with Crippen LogP contribution in [0.4, 0.5) is 0 Å². The van der Waals surface area contributed by atoms with E-state index in [0.717, 1.165) is 0 Å². The van der Waals surface area contributed by atoms with Crippen molar-refractivity contribution in [2.45, 2.75) is 64.5 Å². The standard InChI is InChI=1S/C20H28O8/c1-8-5-10-14(9(2)13(8)11(22)6-21)17(26)20(3,4)18(10)28-19-16(25)15(24)12(23)7-27-19/h5,11-12,15-16,18-19,21-25H,6-7H2,1-4H3/t11?,12-,15-,16+,18+,19-/m0/s1. The van der Waals surface area contributed by atoms with Crippen molar-refractivity contribution >= 4 is 5.78 Å². The van der Waals surface area contributed by atoms with Gasteiger partial charge in [0.2, 0.25) is 0 Å². The Morgan fingerprint density at radius 1 is 1.25 bits per heavy atom. The van der Waals surface area contributed by atoms with Gasteiger partial charge in [0.05, 0.1) is 24.7 Å². The van der Waals surface area contributed by atoms with E-state index in [9.17, 15) is 30.3 Å². The Morgan fingerprint density at radius 3 is 2.50 bits per heavy atom. The second kappa shape index (κ2) is 7.46. The number of carbonyl (C=O) groups excluding carboxylic acids is 1. The summed E-state index contributed by atoms with van der Waals surface area (Å²) < 4.78 is 11.3. The summed E-state index contributed by atoms with van der Waals surface area (Å²) in [6, 6.07) is 1.74. The van der Waals surface area contributed by atoms with E-state index in [-0.39, 0.29) is 12.4 Å². The summed E-state index contributed by atoms with van der Waals surface area (Å²) in [7, 11) is 0. The lowest BCUT2D eigenvalue weighted by Crippen LogP contribution is -2.54. The number of ketones is 1. The monoisotopic (exact) mass is 396 g/mol. The molecule has 156 valence electrons. The lowest BCUT2D eigenvalue weighted by Gasteiger charge is -2.38. The minimum Gasteiger partial charge on any atom is -0.393 e. The van der Waals surface area contributed by atoms with Crippen LogP contribution in [-0.2, 0) is 9.47 Å². The Balaban J connectivity index is 2.02. The van der Waals surface area contributed by atoms with Gasteiger partial charge in [-0.1, -0.05) is 6.07 Å². The van der Waals surface area contributed by atoms with Crippen LogP contribution in [0.3, 0.4) is 0 Å². The van der Waals surface area contributed by atoms with E-state index >= 15 is 0 Å². The molecule has 8 heteroatoms. The van der Waals surface area contributed by atoms with Crippen LogP contribution >= 0.6 is 0 Å². The Labute approximate surface area is 163 Å². The smallest absolute Gasteiger partial charge is 0.186 e. The van der Waals surface area contributed by atoms with Crippen LogP contribution in [0, 0.1) is 19.3 Å². The number of aryl methyl sites for hydroxylation is 1. The van der Waals surface area contributed by atoms with E-state index in [1.807, 2.05) is 0 Å². The number of aliphatic hydroxyl groups is 5. The highest BCUT2D eigenvalue weighted by Gasteiger charge is 2.51. The minimum atomic E-state index is -1.46. The molecule has 1 heterocycles. The van der Waals surface area contributed by atoms with Crippen molar-refractivity contribution in [1.82, 2.24) is 0 Å². The van der Waals surface area contributed by atoms with Gasteiger partial charge >= 0.3 is 0 Å². The van der Waals surface area contributed by atoms with E-state index in [0.29, 0.717) is 27.8 Å². The zero-order chi connectivity index (χ0) is 21.0. The number of fused-ring (bicyclic) bond motifs is 1. The second-order valence-corrected chi connectivity index (χ2v) is 8.21. The summed E-state index contributed by atoms with van der Waals surface area (Å²) in [4.78, 5) is 13.1. The van der Waals surface area contributed by atoms with Crippen molar-refractivity contribution in [2.75, 3.05) is 13.2 Å². The van der Waals surface area contributed by atoms with Crippen LogP contribution in [0.25, 0.3) is 0 Å². The molecule has 1 fully saturated rings. The number of hydrogen-bond acceptors (Lipinski definition) is 8. The lowest BCUT2D eigenvalue weighted by atomic mass is 9.86. The van der Waals surface area contributed by atoms with Gasteiger partial charge in [-0.25, -0.2) is 0 Å². The summed E-state index contributed by atoms with van der Waals surface area (Å²) in [5.74, 6) is -0.178. The Kier molecular flexibility index (Phi) is 5.68. The first-order chi connectivity index (χ1) is 13.0. The van der Waals surface area contributed by atoms with Crippen molar-refractivity contribution in [1.29, 1.82) is 0 Å². The largest absolute Gasteiger partial charge is 0.393 e. The van der Waals surface area contributed by atoms with E-state index in [4.69, 9.17) is 9.47 Å². The first kappa shape index (κ1) is 21.3. The third-order valence-electron chi connectivity index (χ3n) is 5.85. The molecule has 1 aliphatic carbocycles. The van der Waals surface area contributed by atoms with Crippen LogP contribution in [0.1, 0.15) is 58.7 Å². The SMILES string of the molecule is Cc1cc2c(c(C)c1C(O)CO)C(=O)C(C)(C)[C@@H]2O[C@@H]1OC[C@H](O)[C@H](O)[C@H]1O. The summed E-state index contributed by atoms with van der Waals surface area (Å²) in [6.07, 6.45) is -7.14. The van der Waals surface area contributed by atoms with E-state index < -0.39 is 48.8 Å². The third kappa shape index (κ3) is 3.19. The topological polar surface area (TPSA) is 137 Å². The zero-order valence-electron chi connectivity index (χ0n) is 16.4. The summed E-state index contributed by atoms with van der Waals surface area (Å²) in [5.41, 5.74) is 1.86. The third-order valence-corrected chi connectivity index (χ3v) is 5.85. The number of rotatable bonds is 4. The predicted octanol–water partition coefficient (Wildman–Crippen LogP) is 0.0483. The van der Waals surface area contributed by atoms with Crippen molar-refractivity contribution in [3.63, 3.8) is 0 Å². The predicted molar refractivity (Wildman–Crippen MR) is 97.7 cm³/mol. The minimum absolute atomic E-state index is 0.178. The van der Waals surface area contributed by atoms with Crippen LogP contribution in [-0.4, -0.2) is 69.1 Å².